The Bertz CT molecular complexity index is 687. The van der Waals surface area contributed by atoms with Gasteiger partial charge in [0.1, 0.15) is 11.1 Å². The first-order chi connectivity index (χ1) is 9.79. The highest BCUT2D eigenvalue weighted by Crippen LogP contribution is 2.35. The van der Waals surface area contributed by atoms with Crippen LogP contribution in [0.25, 0.3) is 10.2 Å². The lowest BCUT2D eigenvalue weighted by Gasteiger charge is -2.17. The second-order valence-electron chi connectivity index (χ2n) is 4.64. The molecule has 0 fully saturated rings. The van der Waals surface area contributed by atoms with E-state index in [0.717, 1.165) is 20.8 Å². The highest BCUT2D eigenvalue weighted by atomic mass is 32.1. The van der Waals surface area contributed by atoms with E-state index in [2.05, 4.69) is 11.6 Å². The summed E-state index contributed by atoms with van der Waals surface area (Å²) < 4.78 is 1.09. The van der Waals surface area contributed by atoms with Gasteiger partial charge in [-0.15, -0.1) is 17.9 Å². The number of rotatable bonds is 4. The molecule has 1 aromatic heterocycles. The van der Waals surface area contributed by atoms with E-state index in [9.17, 15) is 5.11 Å². The number of aliphatic hydroxyl groups excluding tert-OH is 1. The quantitative estimate of drug-likeness (QED) is 0.723. The van der Waals surface area contributed by atoms with Gasteiger partial charge in [-0.25, -0.2) is 4.98 Å². The number of thiazole rings is 1. The van der Waals surface area contributed by atoms with Crippen molar-refractivity contribution in [1.82, 2.24) is 4.98 Å². The van der Waals surface area contributed by atoms with Gasteiger partial charge in [0.2, 0.25) is 0 Å². The lowest BCUT2D eigenvalue weighted by molar-refractivity contribution is 0.161. The van der Waals surface area contributed by atoms with Gasteiger partial charge >= 0.3 is 0 Å². The fourth-order valence-corrected chi connectivity index (χ4v) is 3.29. The number of aliphatic hydroxyl groups is 1. The second kappa shape index (κ2) is 5.57. The van der Waals surface area contributed by atoms with Gasteiger partial charge in [-0.05, 0) is 17.7 Å². The molecule has 0 saturated carbocycles. The smallest absolute Gasteiger partial charge is 0.123 e. The van der Waals surface area contributed by atoms with Crippen LogP contribution in [-0.4, -0.2) is 10.1 Å². The molecule has 0 unspecified atom stereocenters. The molecule has 100 valence electrons. The Morgan fingerprint density at radius 3 is 2.45 bits per heavy atom. The monoisotopic (exact) mass is 281 g/mol. The molecule has 0 radical (unpaired) electrons. The van der Waals surface area contributed by atoms with Gasteiger partial charge in [0, 0.05) is 5.92 Å². The van der Waals surface area contributed by atoms with Crippen molar-refractivity contribution >= 4 is 21.6 Å². The van der Waals surface area contributed by atoms with Crippen molar-refractivity contribution in [2.45, 2.75) is 12.0 Å². The zero-order valence-corrected chi connectivity index (χ0v) is 11.8. The van der Waals surface area contributed by atoms with E-state index in [1.54, 1.807) is 6.08 Å². The Labute approximate surface area is 122 Å². The first-order valence-electron chi connectivity index (χ1n) is 6.50. The number of hydrogen-bond acceptors (Lipinski definition) is 3. The van der Waals surface area contributed by atoms with E-state index in [4.69, 9.17) is 0 Å². The average Bonchev–Trinajstić information content (AvgIpc) is 2.93. The van der Waals surface area contributed by atoms with Crippen molar-refractivity contribution in [3.63, 3.8) is 0 Å². The summed E-state index contributed by atoms with van der Waals surface area (Å²) in [6.07, 6.45) is 1.12. The third-order valence-corrected chi connectivity index (χ3v) is 4.45. The van der Waals surface area contributed by atoms with Crippen molar-refractivity contribution in [3.8, 4) is 0 Å². The van der Waals surface area contributed by atoms with Crippen LogP contribution >= 0.6 is 11.3 Å². The molecular weight excluding hydrogens is 266 g/mol. The fraction of sp³-hybridized carbons (Fsp3) is 0.118. The van der Waals surface area contributed by atoms with E-state index >= 15 is 0 Å². The zero-order chi connectivity index (χ0) is 13.9. The first kappa shape index (κ1) is 13.0. The molecule has 0 saturated heterocycles. The van der Waals surface area contributed by atoms with Gasteiger partial charge in [-0.3, -0.25) is 0 Å². The topological polar surface area (TPSA) is 33.1 Å². The highest BCUT2D eigenvalue weighted by molar-refractivity contribution is 7.18. The molecule has 1 heterocycles. The van der Waals surface area contributed by atoms with E-state index in [0.29, 0.717) is 0 Å². The summed E-state index contributed by atoms with van der Waals surface area (Å²) in [4.78, 5) is 4.53. The molecule has 0 amide bonds. The summed E-state index contributed by atoms with van der Waals surface area (Å²) in [5, 5.41) is 11.3. The fourth-order valence-electron chi connectivity index (χ4n) is 2.29. The first-order valence-corrected chi connectivity index (χ1v) is 7.32. The Morgan fingerprint density at radius 1 is 1.05 bits per heavy atom. The minimum Gasteiger partial charge on any atom is -0.385 e. The summed E-state index contributed by atoms with van der Waals surface area (Å²) in [6.45, 7) is 3.85. The van der Waals surface area contributed by atoms with Crippen molar-refractivity contribution in [3.05, 3.63) is 77.8 Å². The summed E-state index contributed by atoms with van der Waals surface area (Å²) in [5.74, 6) is -0.142. The van der Waals surface area contributed by atoms with E-state index in [-0.39, 0.29) is 5.92 Å². The van der Waals surface area contributed by atoms with Gasteiger partial charge in [0.15, 0.2) is 0 Å². The molecule has 3 aromatic rings. The number of nitrogens with zero attached hydrogens (tertiary/aromatic N) is 1. The third-order valence-electron chi connectivity index (χ3n) is 3.34. The molecule has 3 rings (SSSR count). The van der Waals surface area contributed by atoms with Crippen molar-refractivity contribution in [1.29, 1.82) is 0 Å². The minimum absolute atomic E-state index is 0.142. The molecule has 3 heteroatoms. The molecule has 0 bridgehead atoms. The largest absolute Gasteiger partial charge is 0.385 e. The maximum atomic E-state index is 10.6. The minimum atomic E-state index is -0.660. The molecule has 2 atom stereocenters. The van der Waals surface area contributed by atoms with Crippen LogP contribution in [0.4, 0.5) is 0 Å². The van der Waals surface area contributed by atoms with Gasteiger partial charge < -0.3 is 5.11 Å². The third kappa shape index (κ3) is 2.38. The van der Waals surface area contributed by atoms with Gasteiger partial charge in [-0.1, -0.05) is 48.5 Å². The van der Waals surface area contributed by atoms with Gasteiger partial charge in [0.25, 0.3) is 0 Å². The second-order valence-corrected chi connectivity index (χ2v) is 5.70. The number of aromatic nitrogens is 1. The van der Waals surface area contributed by atoms with Crippen LogP contribution < -0.4 is 0 Å². The Balaban J connectivity index is 1.97. The summed E-state index contributed by atoms with van der Waals surface area (Å²) in [7, 11) is 0. The Hall–Kier alpha value is -1.97. The molecular formula is C17H15NOS. The van der Waals surface area contributed by atoms with Crippen LogP contribution in [0.3, 0.4) is 0 Å². The van der Waals surface area contributed by atoms with Crippen LogP contribution in [0.15, 0.2) is 67.3 Å². The molecule has 20 heavy (non-hydrogen) atoms. The molecule has 2 aromatic carbocycles. The highest BCUT2D eigenvalue weighted by Gasteiger charge is 2.22. The number of hydrogen-bond donors (Lipinski definition) is 1. The molecule has 0 aliphatic heterocycles. The van der Waals surface area contributed by atoms with Gasteiger partial charge in [-0.2, -0.15) is 0 Å². The lowest BCUT2D eigenvalue weighted by atomic mass is 9.94. The number of benzene rings is 2. The van der Waals surface area contributed by atoms with E-state index in [1.165, 1.54) is 11.3 Å². The summed E-state index contributed by atoms with van der Waals surface area (Å²) in [6, 6.07) is 17.8. The lowest BCUT2D eigenvalue weighted by Crippen LogP contribution is -2.08. The van der Waals surface area contributed by atoms with Crippen molar-refractivity contribution in [2.24, 2.45) is 0 Å². The van der Waals surface area contributed by atoms with Crippen LogP contribution in [0.1, 0.15) is 22.6 Å². The Morgan fingerprint density at radius 2 is 1.75 bits per heavy atom. The van der Waals surface area contributed by atoms with Gasteiger partial charge in [0.05, 0.1) is 10.2 Å². The van der Waals surface area contributed by atoms with E-state index in [1.807, 2.05) is 54.6 Å². The van der Waals surface area contributed by atoms with Crippen molar-refractivity contribution in [2.75, 3.05) is 0 Å². The molecule has 0 aliphatic carbocycles. The predicted octanol–water partition coefficient (Wildman–Crippen LogP) is 4.30. The molecule has 2 nitrogen and oxygen atoms in total. The number of fused-ring (bicyclic) bond motifs is 1. The zero-order valence-electron chi connectivity index (χ0n) is 10.9. The van der Waals surface area contributed by atoms with Crippen LogP contribution in [0.2, 0.25) is 0 Å². The summed E-state index contributed by atoms with van der Waals surface area (Å²) in [5.41, 5.74) is 1.98. The standard InChI is InChI=1S/C17H15NOS/c1-2-13(12-8-4-3-5-9-12)16(19)17-18-14-10-6-7-11-15(14)20-17/h2-11,13,16,19H,1H2/t13-,16-/m0/s1. The van der Waals surface area contributed by atoms with Crippen LogP contribution in [0.5, 0.6) is 0 Å². The van der Waals surface area contributed by atoms with Crippen molar-refractivity contribution < 1.29 is 5.11 Å². The number of para-hydroxylation sites is 1. The maximum absolute atomic E-state index is 10.6. The average molecular weight is 281 g/mol. The molecule has 0 spiro atoms. The van der Waals surface area contributed by atoms with E-state index < -0.39 is 6.10 Å². The SMILES string of the molecule is C=C[C@@H](c1ccccc1)[C@H](O)c1nc2ccccc2s1. The molecule has 1 N–H and O–H groups in total. The summed E-state index contributed by atoms with van der Waals surface area (Å²) >= 11 is 1.53. The predicted molar refractivity (Wildman–Crippen MR) is 84.0 cm³/mol. The molecule has 0 aliphatic rings. The van der Waals surface area contributed by atoms with Crippen LogP contribution in [-0.2, 0) is 0 Å². The normalized spacial score (nSPS) is 14.1. The van der Waals surface area contributed by atoms with Crippen LogP contribution in [0, 0.1) is 0 Å². The Kier molecular flexibility index (Phi) is 3.63. The maximum Gasteiger partial charge on any atom is 0.123 e.